The summed E-state index contributed by atoms with van der Waals surface area (Å²) < 4.78 is 113. The van der Waals surface area contributed by atoms with Gasteiger partial charge in [0.25, 0.3) is 11.8 Å². The van der Waals surface area contributed by atoms with Crippen LogP contribution in [0.1, 0.15) is 67.9 Å². The van der Waals surface area contributed by atoms with Crippen molar-refractivity contribution in [3.63, 3.8) is 0 Å². The number of hydrogen-bond donors (Lipinski definition) is 1. The number of ether oxygens (including phenoxy) is 1. The highest BCUT2D eigenvalue weighted by molar-refractivity contribution is 6.33. The fraction of sp³-hybridized carbons (Fsp3) is 0.429. The number of amides is 1. The van der Waals surface area contributed by atoms with E-state index in [4.69, 9.17) is 26.2 Å². The third kappa shape index (κ3) is 7.10. The summed E-state index contributed by atoms with van der Waals surface area (Å²) in [5.41, 5.74) is 2.04. The van der Waals surface area contributed by atoms with Crippen molar-refractivity contribution < 1.29 is 44.8 Å². The molecule has 282 valence electrons. The molecule has 18 heteroatoms. The first-order valence-electron chi connectivity index (χ1n) is 17.6. The maximum Gasteiger partial charge on any atom is 0.333 e. The summed E-state index contributed by atoms with van der Waals surface area (Å²) in [7, 11) is 0. The lowest BCUT2D eigenvalue weighted by atomic mass is 9.79. The number of guanidine groups is 1. The number of esters is 1. The Bertz CT molecular complexity index is 2180. The van der Waals surface area contributed by atoms with Gasteiger partial charge in [0.15, 0.2) is 17.3 Å². The second kappa shape index (κ2) is 13.5. The van der Waals surface area contributed by atoms with Gasteiger partial charge in [0.05, 0.1) is 23.7 Å². The van der Waals surface area contributed by atoms with E-state index in [9.17, 15) is 35.9 Å². The Morgan fingerprint density at radius 1 is 1.13 bits per heavy atom. The Morgan fingerprint density at radius 3 is 2.42 bits per heavy atom. The summed E-state index contributed by atoms with van der Waals surface area (Å²) >= 11 is 6.48. The zero-order valence-electron chi connectivity index (χ0n) is 31.4. The third-order valence-corrected chi connectivity index (χ3v) is 9.98. The molecule has 2 aromatic heterocycles. The van der Waals surface area contributed by atoms with Crippen molar-refractivity contribution in [2.45, 2.75) is 70.5 Å². The first-order chi connectivity index (χ1) is 26.0. The highest BCUT2D eigenvalue weighted by Crippen LogP contribution is 2.66. The number of aryl methyl sites for hydroxylation is 1. The minimum atomic E-state index is -3.16. The van der Waals surface area contributed by atoms with Crippen LogP contribution in [0.4, 0.5) is 26.3 Å². The van der Waals surface area contributed by atoms with E-state index < -0.39 is 92.0 Å². The molecule has 0 radical (unpaired) electrons. The van der Waals surface area contributed by atoms with Crippen LogP contribution in [0.2, 0.25) is 5.02 Å². The van der Waals surface area contributed by atoms with Crippen LogP contribution < -0.4 is 5.73 Å². The molecule has 3 heterocycles. The lowest BCUT2D eigenvalue weighted by Crippen LogP contribution is -2.47. The second-order valence-electron chi connectivity index (χ2n) is 14.1. The van der Waals surface area contributed by atoms with Gasteiger partial charge in [0.1, 0.15) is 12.9 Å². The van der Waals surface area contributed by atoms with Gasteiger partial charge in [0, 0.05) is 45.7 Å². The van der Waals surface area contributed by atoms with E-state index in [0.717, 1.165) is 17.4 Å². The maximum absolute atomic E-state index is 14.9. The van der Waals surface area contributed by atoms with Gasteiger partial charge in [-0.3, -0.25) is 19.2 Å². The molecular formula is C35H35ClF6N8O3. The minimum absolute atomic E-state index is 0.0540. The van der Waals surface area contributed by atoms with E-state index in [1.54, 1.807) is 0 Å². The molecule has 2 aliphatic rings. The number of carbonyl (C=O) groups is 2. The molecule has 0 spiro atoms. The van der Waals surface area contributed by atoms with Crippen molar-refractivity contribution in [2.24, 2.45) is 28.5 Å². The number of alkyl halides is 6. The van der Waals surface area contributed by atoms with E-state index in [-0.39, 0.29) is 27.5 Å². The zero-order chi connectivity index (χ0) is 41.2. The molecule has 4 aromatic rings. The second-order valence-corrected chi connectivity index (χ2v) is 14.5. The lowest BCUT2D eigenvalue weighted by molar-refractivity contribution is -0.152. The standard InChI is InChI=1S/C35H35ClF6N8O3/c1-32(2,28(37)38)12-26(51)53-15-25(20-7-10-24(36)23(11-20)27-44-18-48(4)47-27)50-29(52)34(46-31(50)43,16-33(3)17-35(33,41)42)22-8-5-19(6-9-22)21-13-45-49(14-21)30(39)40/h5-11,13-14,18,25,28,30H,12,15-17H2,1-4H3,(H2,43,46)/t25-,33+,34-/m1/s1/i4D3. The average molecular weight is 768 g/mol. The molecule has 6 rings (SSSR count). The highest BCUT2D eigenvalue weighted by atomic mass is 35.5. The number of rotatable bonds is 13. The van der Waals surface area contributed by atoms with Gasteiger partial charge in [-0.15, -0.1) is 0 Å². The molecule has 2 aromatic carbocycles. The van der Waals surface area contributed by atoms with Crippen LogP contribution >= 0.6 is 11.6 Å². The predicted molar refractivity (Wildman–Crippen MR) is 181 cm³/mol. The number of nitrogens with zero attached hydrogens (tertiary/aromatic N) is 7. The Balaban J connectivity index is 1.42. The summed E-state index contributed by atoms with van der Waals surface area (Å²) in [5, 5.41) is 7.68. The summed E-state index contributed by atoms with van der Waals surface area (Å²) in [4.78, 5) is 37.4. The van der Waals surface area contributed by atoms with Crippen LogP contribution in [-0.4, -0.2) is 66.2 Å². The smallest absolute Gasteiger partial charge is 0.333 e. The lowest BCUT2D eigenvalue weighted by Gasteiger charge is -2.33. The van der Waals surface area contributed by atoms with Crippen LogP contribution in [-0.2, 0) is 26.8 Å². The zero-order valence-corrected chi connectivity index (χ0v) is 29.2. The molecule has 1 fully saturated rings. The third-order valence-electron chi connectivity index (χ3n) is 9.65. The van der Waals surface area contributed by atoms with Crippen molar-refractivity contribution in [3.05, 3.63) is 77.3 Å². The Morgan fingerprint density at radius 2 is 1.83 bits per heavy atom. The van der Waals surface area contributed by atoms with Crippen molar-refractivity contribution >= 4 is 29.4 Å². The molecule has 0 unspecified atom stereocenters. The maximum atomic E-state index is 14.9. The molecule has 0 bridgehead atoms. The quantitative estimate of drug-likeness (QED) is 0.113. The van der Waals surface area contributed by atoms with Crippen molar-refractivity contribution in [3.8, 4) is 22.5 Å². The number of aliphatic imine (C=N–C) groups is 1. The van der Waals surface area contributed by atoms with E-state index >= 15 is 0 Å². The highest BCUT2D eigenvalue weighted by Gasteiger charge is 2.71. The van der Waals surface area contributed by atoms with E-state index in [1.807, 2.05) is 0 Å². The Labute approximate surface area is 309 Å². The minimum Gasteiger partial charge on any atom is -0.463 e. The molecule has 1 saturated carbocycles. The van der Waals surface area contributed by atoms with E-state index in [1.165, 1.54) is 69.4 Å². The Hall–Kier alpha value is -4.93. The molecule has 1 aliphatic heterocycles. The summed E-state index contributed by atoms with van der Waals surface area (Å²) in [6, 6.07) is 8.66. The van der Waals surface area contributed by atoms with Gasteiger partial charge >= 0.3 is 12.5 Å². The first-order valence-corrected chi connectivity index (χ1v) is 16.5. The monoisotopic (exact) mass is 767 g/mol. The molecule has 1 amide bonds. The number of carbonyl (C=O) groups excluding carboxylic acids is 2. The summed E-state index contributed by atoms with van der Waals surface area (Å²) in [6.45, 7) is -2.63. The van der Waals surface area contributed by atoms with Crippen LogP contribution in [0.5, 0.6) is 0 Å². The predicted octanol–water partition coefficient (Wildman–Crippen LogP) is 7.15. The van der Waals surface area contributed by atoms with Gasteiger partial charge in [-0.1, -0.05) is 62.7 Å². The largest absolute Gasteiger partial charge is 0.463 e. The molecule has 11 nitrogen and oxygen atoms in total. The van der Waals surface area contributed by atoms with Crippen molar-refractivity contribution in [2.75, 3.05) is 6.61 Å². The molecule has 2 N–H and O–H groups in total. The van der Waals surface area contributed by atoms with E-state index in [2.05, 4.69) is 20.2 Å². The fourth-order valence-electron chi connectivity index (χ4n) is 6.34. The van der Waals surface area contributed by atoms with Crippen molar-refractivity contribution in [1.29, 1.82) is 0 Å². The van der Waals surface area contributed by atoms with Gasteiger partial charge in [-0.05, 0) is 35.2 Å². The molecule has 1 aliphatic carbocycles. The molecule has 0 saturated heterocycles. The number of benzene rings is 2. The number of halogens is 7. The van der Waals surface area contributed by atoms with Gasteiger partial charge in [-0.25, -0.2) is 32.2 Å². The summed E-state index contributed by atoms with van der Waals surface area (Å²) in [5.74, 6) is -5.69. The van der Waals surface area contributed by atoms with Gasteiger partial charge < -0.3 is 10.5 Å². The van der Waals surface area contributed by atoms with E-state index in [0.29, 0.717) is 20.5 Å². The van der Waals surface area contributed by atoms with Gasteiger partial charge in [-0.2, -0.15) is 19.0 Å². The first kappa shape index (κ1) is 33.9. The topological polar surface area (TPSA) is 134 Å². The van der Waals surface area contributed by atoms with Gasteiger partial charge in [0.2, 0.25) is 6.43 Å². The number of nitrogens with two attached hydrogens (primary N) is 1. The SMILES string of the molecule is [2H]C([2H])([2H])n1cnc(-c2cc([C@@H](COC(=O)CC(C)(C)C(F)F)N3C(=O)[C@@](C[C@@]4(C)CC4(F)F)(c4ccc(-c5cnn(C(F)F)c5)cc4)N=C3N)ccc2Cl)n1. The van der Waals surface area contributed by atoms with Crippen LogP contribution in [0.3, 0.4) is 0 Å². The average Bonchev–Trinajstić information content (AvgIpc) is 3.65. The fourth-order valence-corrected chi connectivity index (χ4v) is 6.54. The summed E-state index contributed by atoms with van der Waals surface area (Å²) in [6.07, 6.45) is -1.41. The van der Waals surface area contributed by atoms with Crippen LogP contribution in [0, 0.1) is 10.8 Å². The number of aromatic nitrogens is 5. The number of hydrogen-bond acceptors (Lipinski definition) is 8. The molecular weight excluding hydrogens is 730 g/mol. The normalized spacial score (nSPS) is 22.8. The van der Waals surface area contributed by atoms with Crippen LogP contribution in [0.25, 0.3) is 22.5 Å². The van der Waals surface area contributed by atoms with Crippen LogP contribution in [0.15, 0.2) is 66.2 Å². The van der Waals surface area contributed by atoms with Crippen molar-refractivity contribution in [1.82, 2.24) is 29.4 Å². The Kier molecular flexibility index (Phi) is 8.62. The molecule has 3 atom stereocenters. The molecule has 53 heavy (non-hydrogen) atoms.